The van der Waals surface area contributed by atoms with Crippen LogP contribution in [0.1, 0.15) is 55.6 Å². The van der Waals surface area contributed by atoms with Gasteiger partial charge in [0.05, 0.1) is 29.7 Å². The molecule has 2 fully saturated rings. The van der Waals surface area contributed by atoms with Crippen molar-refractivity contribution in [3.8, 4) is 5.69 Å². The van der Waals surface area contributed by atoms with E-state index in [1.807, 2.05) is 36.8 Å². The van der Waals surface area contributed by atoms with E-state index in [1.54, 1.807) is 0 Å². The van der Waals surface area contributed by atoms with Gasteiger partial charge >= 0.3 is 0 Å². The molecule has 2 atom stereocenters. The molecule has 148 valence electrons. The lowest BCUT2D eigenvalue weighted by Crippen LogP contribution is -2.40. The van der Waals surface area contributed by atoms with Gasteiger partial charge in [-0.2, -0.15) is 0 Å². The predicted octanol–water partition coefficient (Wildman–Crippen LogP) is 4.57. The molecular formula is C23H25N5S. The van der Waals surface area contributed by atoms with Gasteiger partial charge in [-0.3, -0.25) is 9.97 Å². The van der Waals surface area contributed by atoms with E-state index < -0.39 is 0 Å². The van der Waals surface area contributed by atoms with Gasteiger partial charge in [0.1, 0.15) is 0 Å². The molecule has 1 N–H and O–H groups in total. The van der Waals surface area contributed by atoms with Crippen molar-refractivity contribution in [3.05, 3.63) is 78.6 Å². The lowest BCUT2D eigenvalue weighted by molar-refractivity contribution is 0.193. The number of thiocarbonyl (C=S) groups is 1. The zero-order valence-corrected chi connectivity index (χ0v) is 17.1. The third-order valence-corrected chi connectivity index (χ3v) is 6.44. The second-order valence-corrected chi connectivity index (χ2v) is 8.23. The molecule has 0 amide bonds. The van der Waals surface area contributed by atoms with Crippen molar-refractivity contribution in [1.82, 2.24) is 24.8 Å². The van der Waals surface area contributed by atoms with E-state index in [0.29, 0.717) is 6.04 Å². The number of rotatable bonds is 4. The summed E-state index contributed by atoms with van der Waals surface area (Å²) >= 11 is 5.87. The minimum Gasteiger partial charge on any atom is -0.352 e. The van der Waals surface area contributed by atoms with Crippen molar-refractivity contribution >= 4 is 17.3 Å². The van der Waals surface area contributed by atoms with Crippen LogP contribution in [0.3, 0.4) is 0 Å². The zero-order valence-electron chi connectivity index (χ0n) is 16.3. The quantitative estimate of drug-likeness (QED) is 0.647. The normalized spacial score (nSPS) is 22.6. The molecule has 4 heterocycles. The van der Waals surface area contributed by atoms with E-state index >= 15 is 0 Å². The molecule has 0 radical (unpaired) electrons. The number of pyridine rings is 2. The number of hydrogen-bond acceptors (Lipinski definition) is 3. The van der Waals surface area contributed by atoms with Gasteiger partial charge in [0.15, 0.2) is 5.11 Å². The Labute approximate surface area is 176 Å². The van der Waals surface area contributed by atoms with Crippen molar-refractivity contribution < 1.29 is 0 Å². The van der Waals surface area contributed by atoms with Gasteiger partial charge in [0.25, 0.3) is 0 Å². The van der Waals surface area contributed by atoms with E-state index in [1.165, 1.54) is 37.8 Å². The monoisotopic (exact) mass is 403 g/mol. The summed E-state index contributed by atoms with van der Waals surface area (Å²) < 4.78 is 2.24. The first kappa shape index (κ1) is 18.3. The summed E-state index contributed by atoms with van der Waals surface area (Å²) in [5.74, 6) is 0. The van der Waals surface area contributed by atoms with Crippen LogP contribution in [0.2, 0.25) is 0 Å². The number of hydrogen-bond donors (Lipinski definition) is 1. The average molecular weight is 404 g/mol. The highest BCUT2D eigenvalue weighted by Gasteiger charge is 2.44. The van der Waals surface area contributed by atoms with Crippen molar-refractivity contribution in [2.24, 2.45) is 0 Å². The number of nitrogens with one attached hydrogen (secondary N) is 1. The molecular weight excluding hydrogens is 378 g/mol. The molecule has 0 aromatic carbocycles. The van der Waals surface area contributed by atoms with E-state index in [4.69, 9.17) is 12.2 Å². The smallest absolute Gasteiger partial charge is 0.170 e. The van der Waals surface area contributed by atoms with Crippen LogP contribution in [0.15, 0.2) is 67.3 Å². The van der Waals surface area contributed by atoms with Crippen LogP contribution in [0.25, 0.3) is 5.69 Å². The maximum Gasteiger partial charge on any atom is 0.170 e. The van der Waals surface area contributed by atoms with E-state index in [2.05, 4.69) is 55.2 Å². The Morgan fingerprint density at radius 3 is 2.62 bits per heavy atom. The number of nitrogens with zero attached hydrogens (tertiary/aromatic N) is 4. The maximum absolute atomic E-state index is 5.87. The molecule has 1 saturated carbocycles. The highest BCUT2D eigenvalue weighted by Crippen LogP contribution is 2.42. The topological polar surface area (TPSA) is 46.0 Å². The summed E-state index contributed by atoms with van der Waals surface area (Å²) in [5.41, 5.74) is 3.30. The lowest BCUT2D eigenvalue weighted by Gasteiger charge is -2.37. The van der Waals surface area contributed by atoms with Crippen molar-refractivity contribution in [2.45, 2.75) is 50.2 Å². The van der Waals surface area contributed by atoms with Crippen molar-refractivity contribution in [3.63, 3.8) is 0 Å². The third kappa shape index (κ3) is 3.42. The van der Waals surface area contributed by atoms with Crippen LogP contribution in [0.4, 0.5) is 0 Å². The molecule has 1 aliphatic heterocycles. The second kappa shape index (κ2) is 7.95. The van der Waals surface area contributed by atoms with E-state index in [-0.39, 0.29) is 12.1 Å². The van der Waals surface area contributed by atoms with Gasteiger partial charge in [-0.25, -0.2) is 0 Å². The maximum atomic E-state index is 5.87. The fourth-order valence-electron chi connectivity index (χ4n) is 4.80. The molecule has 5 nitrogen and oxygen atoms in total. The molecule has 0 unspecified atom stereocenters. The van der Waals surface area contributed by atoms with E-state index in [9.17, 15) is 0 Å². The fraction of sp³-hybridized carbons (Fsp3) is 0.348. The first-order chi connectivity index (χ1) is 14.3. The van der Waals surface area contributed by atoms with Crippen LogP contribution in [0, 0.1) is 0 Å². The summed E-state index contributed by atoms with van der Waals surface area (Å²) in [7, 11) is 0. The standard InChI is InChI=1S/C23H25N5S/c29-23-26-21(19-11-4-5-14-25-19)22(28(23)17-8-2-1-3-9-17)20-12-7-15-27(20)18-10-6-13-24-16-18/h4-7,10-17,21-22H,1-3,8-9H2,(H,26,29)/t21-,22+/m0/s1. The molecule has 6 heteroatoms. The Balaban J connectivity index is 1.61. The lowest BCUT2D eigenvalue weighted by atomic mass is 9.92. The van der Waals surface area contributed by atoms with Crippen LogP contribution < -0.4 is 5.32 Å². The minimum atomic E-state index is 0.0240. The summed E-state index contributed by atoms with van der Waals surface area (Å²) in [6, 6.07) is 15.1. The highest BCUT2D eigenvalue weighted by atomic mass is 32.1. The van der Waals surface area contributed by atoms with Crippen LogP contribution in [-0.2, 0) is 0 Å². The predicted molar refractivity (Wildman–Crippen MR) is 118 cm³/mol. The van der Waals surface area contributed by atoms with Crippen molar-refractivity contribution in [2.75, 3.05) is 0 Å². The summed E-state index contributed by atoms with van der Waals surface area (Å²) in [4.78, 5) is 11.4. The molecule has 5 rings (SSSR count). The van der Waals surface area contributed by atoms with E-state index in [0.717, 1.165) is 16.5 Å². The van der Waals surface area contributed by atoms with Gasteiger partial charge in [-0.05, 0) is 61.5 Å². The van der Waals surface area contributed by atoms with Gasteiger partial charge in [0.2, 0.25) is 0 Å². The average Bonchev–Trinajstić information content (AvgIpc) is 3.40. The fourth-order valence-corrected chi connectivity index (χ4v) is 5.19. The number of aromatic nitrogens is 3. The highest BCUT2D eigenvalue weighted by molar-refractivity contribution is 7.80. The third-order valence-electron chi connectivity index (χ3n) is 6.11. The summed E-state index contributed by atoms with van der Waals surface area (Å²) in [6.07, 6.45) is 14.0. The van der Waals surface area contributed by atoms with Gasteiger partial charge in [-0.15, -0.1) is 0 Å². The van der Waals surface area contributed by atoms with Crippen LogP contribution in [-0.4, -0.2) is 30.6 Å². The SMILES string of the molecule is S=C1N[C@@H](c2ccccn2)[C@@H](c2cccn2-c2cccnc2)N1C1CCCCC1. The minimum absolute atomic E-state index is 0.0240. The van der Waals surface area contributed by atoms with Crippen molar-refractivity contribution in [1.29, 1.82) is 0 Å². The zero-order chi connectivity index (χ0) is 19.6. The molecule has 0 spiro atoms. The van der Waals surface area contributed by atoms with Gasteiger partial charge in [0, 0.05) is 30.3 Å². The first-order valence-corrected chi connectivity index (χ1v) is 10.8. The van der Waals surface area contributed by atoms with Gasteiger partial charge in [-0.1, -0.05) is 25.3 Å². The summed E-state index contributed by atoms with van der Waals surface area (Å²) in [6.45, 7) is 0. The Kier molecular flexibility index (Phi) is 5.02. The van der Waals surface area contributed by atoms with Crippen LogP contribution >= 0.6 is 12.2 Å². The second-order valence-electron chi connectivity index (χ2n) is 7.84. The molecule has 3 aromatic rings. The summed E-state index contributed by atoms with van der Waals surface area (Å²) in [5, 5.41) is 4.44. The Hall–Kier alpha value is -2.73. The van der Waals surface area contributed by atoms with Gasteiger partial charge < -0.3 is 14.8 Å². The molecule has 0 bridgehead atoms. The largest absolute Gasteiger partial charge is 0.352 e. The molecule has 3 aromatic heterocycles. The Morgan fingerprint density at radius 1 is 0.966 bits per heavy atom. The molecule has 2 aliphatic rings. The van der Waals surface area contributed by atoms with Crippen LogP contribution in [0.5, 0.6) is 0 Å². The molecule has 1 aliphatic carbocycles. The molecule has 29 heavy (non-hydrogen) atoms. The first-order valence-electron chi connectivity index (χ1n) is 10.4. The Bertz CT molecular complexity index is 965. The Morgan fingerprint density at radius 2 is 1.86 bits per heavy atom. The molecule has 1 saturated heterocycles.